The zero-order valence-corrected chi connectivity index (χ0v) is 16.0. The zero-order chi connectivity index (χ0) is 18.8. The first-order valence-corrected chi connectivity index (χ1v) is 9.17. The number of nitrogens with one attached hydrogen (secondary N) is 2. The summed E-state index contributed by atoms with van der Waals surface area (Å²) >= 11 is 0. The van der Waals surface area contributed by atoms with Crippen LogP contribution in [0.4, 0.5) is 4.79 Å². The molecule has 0 atom stereocenters. The summed E-state index contributed by atoms with van der Waals surface area (Å²) in [4.78, 5) is 11.9. The molecule has 6 heteroatoms. The van der Waals surface area contributed by atoms with E-state index in [0.717, 1.165) is 12.0 Å². The van der Waals surface area contributed by atoms with E-state index in [-0.39, 0.29) is 6.03 Å². The van der Waals surface area contributed by atoms with E-state index in [1.54, 1.807) is 21.3 Å². The summed E-state index contributed by atoms with van der Waals surface area (Å²) in [5, 5.41) is 5.81. The number of hydrogen-bond acceptors (Lipinski definition) is 4. The lowest BCUT2D eigenvalue weighted by atomic mass is 9.97. The summed E-state index contributed by atoms with van der Waals surface area (Å²) < 4.78 is 16.1. The standard InChI is InChI=1S/C20H30N2O4/c1-24-17-10-9-16(18(25-2)19(17)26-3)12-14-22-20(23)21-13-11-15-7-5-4-6-8-15/h7,9-10H,4-6,8,11-14H2,1-3H3,(H2,21,22,23). The number of rotatable bonds is 9. The highest BCUT2D eigenvalue weighted by atomic mass is 16.5. The van der Waals surface area contributed by atoms with Crippen LogP contribution in [0.5, 0.6) is 17.2 Å². The second-order valence-corrected chi connectivity index (χ2v) is 6.28. The van der Waals surface area contributed by atoms with Crippen LogP contribution >= 0.6 is 0 Å². The average Bonchev–Trinajstić information content (AvgIpc) is 2.68. The molecule has 0 bridgehead atoms. The van der Waals surface area contributed by atoms with Gasteiger partial charge in [-0.3, -0.25) is 0 Å². The summed E-state index contributed by atoms with van der Waals surface area (Å²) in [5.41, 5.74) is 2.42. The van der Waals surface area contributed by atoms with Crippen LogP contribution in [0.3, 0.4) is 0 Å². The van der Waals surface area contributed by atoms with Gasteiger partial charge in [0.05, 0.1) is 21.3 Å². The van der Waals surface area contributed by atoms with Crippen LogP contribution < -0.4 is 24.8 Å². The number of methoxy groups -OCH3 is 3. The van der Waals surface area contributed by atoms with Crippen LogP contribution in [0.2, 0.25) is 0 Å². The van der Waals surface area contributed by atoms with Crippen molar-refractivity contribution >= 4 is 6.03 Å². The van der Waals surface area contributed by atoms with Crippen molar-refractivity contribution in [2.45, 2.75) is 38.5 Å². The van der Waals surface area contributed by atoms with E-state index in [1.165, 1.54) is 31.3 Å². The summed E-state index contributed by atoms with van der Waals surface area (Å²) in [6.45, 7) is 1.19. The van der Waals surface area contributed by atoms with Gasteiger partial charge in [-0.2, -0.15) is 0 Å². The van der Waals surface area contributed by atoms with Crippen LogP contribution in [0.15, 0.2) is 23.8 Å². The fourth-order valence-corrected chi connectivity index (χ4v) is 3.20. The number of benzene rings is 1. The Morgan fingerprint density at radius 1 is 0.962 bits per heavy atom. The van der Waals surface area contributed by atoms with Gasteiger partial charge in [-0.1, -0.05) is 17.7 Å². The molecule has 0 radical (unpaired) electrons. The molecule has 0 aliphatic heterocycles. The van der Waals surface area contributed by atoms with E-state index >= 15 is 0 Å². The molecule has 2 rings (SSSR count). The summed E-state index contributed by atoms with van der Waals surface area (Å²) in [6.07, 6.45) is 8.80. The van der Waals surface area contributed by atoms with Crippen molar-refractivity contribution in [3.8, 4) is 17.2 Å². The number of carbonyl (C=O) groups excluding carboxylic acids is 1. The Balaban J connectivity index is 1.78. The molecule has 144 valence electrons. The number of amides is 2. The molecule has 26 heavy (non-hydrogen) atoms. The van der Waals surface area contributed by atoms with Crippen molar-refractivity contribution in [1.29, 1.82) is 0 Å². The van der Waals surface area contributed by atoms with Crippen molar-refractivity contribution in [2.75, 3.05) is 34.4 Å². The van der Waals surface area contributed by atoms with Crippen molar-refractivity contribution in [1.82, 2.24) is 10.6 Å². The lowest BCUT2D eigenvalue weighted by molar-refractivity contribution is 0.241. The van der Waals surface area contributed by atoms with E-state index in [4.69, 9.17) is 14.2 Å². The van der Waals surface area contributed by atoms with Gasteiger partial charge in [-0.15, -0.1) is 0 Å². The fraction of sp³-hybridized carbons (Fsp3) is 0.550. The van der Waals surface area contributed by atoms with Crippen LogP contribution in [-0.2, 0) is 6.42 Å². The summed E-state index contributed by atoms with van der Waals surface area (Å²) in [7, 11) is 4.77. The second-order valence-electron chi connectivity index (χ2n) is 6.28. The van der Waals surface area contributed by atoms with E-state index < -0.39 is 0 Å². The highest BCUT2D eigenvalue weighted by Gasteiger charge is 2.15. The number of hydrogen-bond donors (Lipinski definition) is 2. The van der Waals surface area contributed by atoms with Gasteiger partial charge in [0.25, 0.3) is 0 Å². The van der Waals surface area contributed by atoms with Crippen molar-refractivity contribution in [3.05, 3.63) is 29.3 Å². The monoisotopic (exact) mass is 362 g/mol. The van der Waals surface area contributed by atoms with Crippen molar-refractivity contribution in [3.63, 3.8) is 0 Å². The Labute approximate surface area is 155 Å². The van der Waals surface area contributed by atoms with Crippen LogP contribution in [0.1, 0.15) is 37.7 Å². The minimum absolute atomic E-state index is 0.138. The molecule has 0 aromatic heterocycles. The molecule has 0 saturated carbocycles. The fourth-order valence-electron chi connectivity index (χ4n) is 3.20. The van der Waals surface area contributed by atoms with Crippen LogP contribution in [0, 0.1) is 0 Å². The average molecular weight is 362 g/mol. The molecule has 1 aromatic rings. The van der Waals surface area contributed by atoms with Crippen molar-refractivity contribution < 1.29 is 19.0 Å². The topological polar surface area (TPSA) is 68.8 Å². The first-order valence-electron chi connectivity index (χ1n) is 9.17. The van der Waals surface area contributed by atoms with Crippen LogP contribution in [-0.4, -0.2) is 40.5 Å². The van der Waals surface area contributed by atoms with Gasteiger partial charge in [0, 0.05) is 18.7 Å². The molecule has 0 fully saturated rings. The molecule has 1 aromatic carbocycles. The molecule has 1 aliphatic carbocycles. The maximum Gasteiger partial charge on any atom is 0.314 e. The zero-order valence-electron chi connectivity index (χ0n) is 16.0. The predicted octanol–water partition coefficient (Wildman–Crippen LogP) is 3.44. The Bertz CT molecular complexity index is 628. The number of urea groups is 1. The quantitative estimate of drug-likeness (QED) is 0.660. The SMILES string of the molecule is COc1ccc(CCNC(=O)NCCC2=CCCCC2)c(OC)c1OC. The Kier molecular flexibility index (Phi) is 8.12. The molecular weight excluding hydrogens is 332 g/mol. The normalized spacial score (nSPS) is 13.6. The minimum Gasteiger partial charge on any atom is -0.493 e. The number of carbonyl (C=O) groups is 1. The maximum atomic E-state index is 11.9. The van der Waals surface area contributed by atoms with E-state index in [1.807, 2.05) is 12.1 Å². The molecule has 0 saturated heterocycles. The molecule has 0 spiro atoms. The largest absolute Gasteiger partial charge is 0.493 e. The highest BCUT2D eigenvalue weighted by molar-refractivity contribution is 5.73. The predicted molar refractivity (Wildman–Crippen MR) is 102 cm³/mol. The van der Waals surface area contributed by atoms with E-state index in [0.29, 0.717) is 36.8 Å². The Morgan fingerprint density at radius 3 is 2.31 bits per heavy atom. The third-order valence-corrected chi connectivity index (χ3v) is 4.58. The Morgan fingerprint density at radius 2 is 1.69 bits per heavy atom. The van der Waals surface area contributed by atoms with Gasteiger partial charge >= 0.3 is 6.03 Å². The lowest BCUT2D eigenvalue weighted by Crippen LogP contribution is -2.37. The van der Waals surface area contributed by atoms with Gasteiger partial charge in [0.2, 0.25) is 5.75 Å². The summed E-state index contributed by atoms with van der Waals surface area (Å²) in [5.74, 6) is 1.83. The number of allylic oxidation sites excluding steroid dienone is 1. The highest BCUT2D eigenvalue weighted by Crippen LogP contribution is 2.39. The van der Waals surface area contributed by atoms with Gasteiger partial charge < -0.3 is 24.8 Å². The molecule has 2 amide bonds. The minimum atomic E-state index is -0.138. The van der Waals surface area contributed by atoms with E-state index in [9.17, 15) is 4.79 Å². The first-order chi connectivity index (χ1) is 12.7. The van der Waals surface area contributed by atoms with Gasteiger partial charge in [0.15, 0.2) is 11.5 Å². The summed E-state index contributed by atoms with van der Waals surface area (Å²) in [6, 6.07) is 3.63. The number of ether oxygens (including phenoxy) is 3. The van der Waals surface area contributed by atoms with Gasteiger partial charge in [-0.25, -0.2) is 4.79 Å². The molecule has 6 nitrogen and oxygen atoms in total. The molecular formula is C20H30N2O4. The third-order valence-electron chi connectivity index (χ3n) is 4.58. The molecule has 0 unspecified atom stereocenters. The molecule has 1 aliphatic rings. The van der Waals surface area contributed by atoms with Gasteiger partial charge in [-0.05, 0) is 44.6 Å². The third kappa shape index (κ3) is 5.58. The van der Waals surface area contributed by atoms with Crippen LogP contribution in [0.25, 0.3) is 0 Å². The van der Waals surface area contributed by atoms with E-state index in [2.05, 4.69) is 16.7 Å². The molecule has 2 N–H and O–H groups in total. The van der Waals surface area contributed by atoms with Gasteiger partial charge in [0.1, 0.15) is 0 Å². The maximum absolute atomic E-state index is 11.9. The molecule has 0 heterocycles. The smallest absolute Gasteiger partial charge is 0.314 e. The lowest BCUT2D eigenvalue weighted by Gasteiger charge is -2.16. The van der Waals surface area contributed by atoms with Crippen molar-refractivity contribution in [2.24, 2.45) is 0 Å². The second kappa shape index (κ2) is 10.6. The first kappa shape index (κ1) is 19.9. The Hall–Kier alpha value is -2.37.